The van der Waals surface area contributed by atoms with E-state index in [9.17, 15) is 13.6 Å². The molecular formula is C16H18F2N2O3. The molecule has 5 nitrogen and oxygen atoms in total. The van der Waals surface area contributed by atoms with Crippen LogP contribution in [-0.2, 0) is 14.4 Å². The van der Waals surface area contributed by atoms with Gasteiger partial charge in [-0.25, -0.2) is 8.78 Å². The highest BCUT2D eigenvalue weighted by atomic mass is 19.1. The topological polar surface area (TPSA) is 51.1 Å². The van der Waals surface area contributed by atoms with E-state index in [4.69, 9.17) is 9.57 Å². The molecule has 7 heteroatoms. The van der Waals surface area contributed by atoms with E-state index in [1.54, 1.807) is 6.08 Å². The summed E-state index contributed by atoms with van der Waals surface area (Å²) in [7, 11) is 1.44. The number of ether oxygens (including phenoxy) is 1. The second-order valence-electron chi connectivity index (χ2n) is 5.11. The molecule has 0 N–H and O–H groups in total. The largest absolute Gasteiger partial charge is 0.390 e. The summed E-state index contributed by atoms with van der Waals surface area (Å²) in [5, 5.41) is 3.86. The van der Waals surface area contributed by atoms with Crippen molar-refractivity contribution in [1.29, 1.82) is 0 Å². The molecule has 1 unspecified atom stereocenters. The van der Waals surface area contributed by atoms with E-state index in [2.05, 4.69) is 11.7 Å². The summed E-state index contributed by atoms with van der Waals surface area (Å²) in [6.07, 6.45) is 1.54. The molecule has 0 saturated heterocycles. The molecule has 1 atom stereocenters. The number of carbonyl (C=O) groups is 1. The Morgan fingerprint density at radius 3 is 3.00 bits per heavy atom. The summed E-state index contributed by atoms with van der Waals surface area (Å²) in [6.45, 7) is 4.20. The Bertz CT molecular complexity index is 619. The van der Waals surface area contributed by atoms with Crippen LogP contribution in [0.3, 0.4) is 0 Å². The van der Waals surface area contributed by atoms with Gasteiger partial charge in [-0.05, 0) is 12.1 Å². The van der Waals surface area contributed by atoms with E-state index in [0.717, 1.165) is 6.07 Å². The highest BCUT2D eigenvalue weighted by Crippen LogP contribution is 2.20. The van der Waals surface area contributed by atoms with Gasteiger partial charge in [-0.15, -0.1) is 6.58 Å². The fourth-order valence-electron chi connectivity index (χ4n) is 2.30. The van der Waals surface area contributed by atoms with Gasteiger partial charge in [0.15, 0.2) is 6.10 Å². The van der Waals surface area contributed by atoms with Gasteiger partial charge in [0.2, 0.25) is 5.91 Å². The number of halogens is 2. The number of methoxy groups -OCH3 is 1. The molecule has 0 aromatic heterocycles. The summed E-state index contributed by atoms with van der Waals surface area (Å²) in [5.74, 6) is -1.53. The lowest BCUT2D eigenvalue weighted by atomic mass is 10.0. The molecule has 1 aromatic rings. The number of nitrogens with zero attached hydrogens (tertiary/aromatic N) is 2. The molecule has 0 bridgehead atoms. The maximum atomic E-state index is 13.8. The third-order valence-corrected chi connectivity index (χ3v) is 3.37. The van der Waals surface area contributed by atoms with Crippen molar-refractivity contribution in [3.05, 3.63) is 48.1 Å². The lowest BCUT2D eigenvalue weighted by molar-refractivity contribution is -0.136. The number of hydrogen-bond acceptors (Lipinski definition) is 4. The highest BCUT2D eigenvalue weighted by molar-refractivity contribution is 6.01. The average Bonchev–Trinajstić information content (AvgIpc) is 2.95. The SMILES string of the molecule is C=CCN(CC1CC(c2ccc(F)cc2F)=NO1)C(=O)COC. The van der Waals surface area contributed by atoms with E-state index in [1.165, 1.54) is 24.1 Å². The summed E-state index contributed by atoms with van der Waals surface area (Å²) < 4.78 is 31.6. The fourth-order valence-corrected chi connectivity index (χ4v) is 2.30. The zero-order valence-corrected chi connectivity index (χ0v) is 12.8. The second-order valence-corrected chi connectivity index (χ2v) is 5.11. The minimum absolute atomic E-state index is 0.0408. The molecule has 2 rings (SSSR count). The van der Waals surface area contributed by atoms with Gasteiger partial charge in [0, 0.05) is 31.7 Å². The molecule has 124 valence electrons. The summed E-state index contributed by atoms with van der Waals surface area (Å²) in [6, 6.07) is 3.30. The smallest absolute Gasteiger partial charge is 0.248 e. The molecule has 0 aliphatic carbocycles. The molecule has 1 aliphatic rings. The van der Waals surface area contributed by atoms with Crippen LogP contribution in [0.2, 0.25) is 0 Å². The van der Waals surface area contributed by atoms with Crippen molar-refractivity contribution in [2.24, 2.45) is 5.16 Å². The van der Waals surface area contributed by atoms with Gasteiger partial charge in [0.1, 0.15) is 18.2 Å². The molecule has 1 heterocycles. The van der Waals surface area contributed by atoms with Crippen molar-refractivity contribution in [2.45, 2.75) is 12.5 Å². The normalized spacial score (nSPS) is 16.7. The highest BCUT2D eigenvalue weighted by Gasteiger charge is 2.27. The molecule has 1 aromatic carbocycles. The quantitative estimate of drug-likeness (QED) is 0.722. The first-order valence-electron chi connectivity index (χ1n) is 7.11. The van der Waals surface area contributed by atoms with Gasteiger partial charge in [-0.3, -0.25) is 4.79 Å². The number of benzene rings is 1. The predicted molar refractivity (Wildman–Crippen MR) is 81.0 cm³/mol. The minimum Gasteiger partial charge on any atom is -0.390 e. The van der Waals surface area contributed by atoms with Gasteiger partial charge in [-0.1, -0.05) is 11.2 Å². The van der Waals surface area contributed by atoms with Crippen molar-refractivity contribution in [3.63, 3.8) is 0 Å². The van der Waals surface area contributed by atoms with E-state index < -0.39 is 17.7 Å². The Labute approximate surface area is 133 Å². The zero-order valence-electron chi connectivity index (χ0n) is 12.8. The summed E-state index contributed by atoms with van der Waals surface area (Å²) in [4.78, 5) is 18.7. The summed E-state index contributed by atoms with van der Waals surface area (Å²) in [5.41, 5.74) is 0.595. The average molecular weight is 324 g/mol. The lowest BCUT2D eigenvalue weighted by Gasteiger charge is -2.23. The van der Waals surface area contributed by atoms with Crippen molar-refractivity contribution in [2.75, 3.05) is 26.8 Å². The number of oxime groups is 1. The Balaban J connectivity index is 2.00. The van der Waals surface area contributed by atoms with Crippen molar-refractivity contribution in [1.82, 2.24) is 4.90 Å². The Kier molecular flexibility index (Phi) is 5.81. The number of hydrogen-bond donors (Lipinski definition) is 0. The number of rotatable bonds is 7. The maximum absolute atomic E-state index is 13.8. The third kappa shape index (κ3) is 4.35. The van der Waals surface area contributed by atoms with E-state index in [-0.39, 0.29) is 24.6 Å². The van der Waals surface area contributed by atoms with Crippen LogP contribution in [0, 0.1) is 11.6 Å². The standard InChI is InChI=1S/C16H18F2N2O3/c1-3-6-20(16(21)10-22-2)9-12-8-15(19-23-12)13-5-4-11(17)7-14(13)18/h3-5,7,12H,1,6,8-10H2,2H3. The van der Waals surface area contributed by atoms with Gasteiger partial charge in [0.05, 0.1) is 12.3 Å². The van der Waals surface area contributed by atoms with Gasteiger partial charge in [0.25, 0.3) is 0 Å². The Morgan fingerprint density at radius 2 is 2.35 bits per heavy atom. The van der Waals surface area contributed by atoms with E-state index >= 15 is 0 Å². The Hall–Kier alpha value is -2.28. The fraction of sp³-hybridized carbons (Fsp3) is 0.375. The van der Waals surface area contributed by atoms with Crippen LogP contribution in [0.25, 0.3) is 0 Å². The molecule has 0 spiro atoms. The number of amides is 1. The van der Waals surface area contributed by atoms with Crippen LogP contribution in [0.15, 0.2) is 36.0 Å². The molecule has 0 fully saturated rings. The third-order valence-electron chi connectivity index (χ3n) is 3.37. The molecule has 1 amide bonds. The van der Waals surface area contributed by atoms with Gasteiger partial charge < -0.3 is 14.5 Å². The first kappa shape index (κ1) is 17.1. The minimum atomic E-state index is -0.689. The van der Waals surface area contributed by atoms with Crippen LogP contribution in [-0.4, -0.2) is 49.4 Å². The maximum Gasteiger partial charge on any atom is 0.248 e. The first-order valence-corrected chi connectivity index (χ1v) is 7.11. The van der Waals surface area contributed by atoms with Gasteiger partial charge in [-0.2, -0.15) is 0 Å². The van der Waals surface area contributed by atoms with E-state index in [1.807, 2.05) is 0 Å². The molecular weight excluding hydrogens is 306 g/mol. The van der Waals surface area contributed by atoms with Crippen LogP contribution in [0.5, 0.6) is 0 Å². The van der Waals surface area contributed by atoms with E-state index in [0.29, 0.717) is 18.7 Å². The molecule has 0 radical (unpaired) electrons. The molecule has 1 aliphatic heterocycles. The Morgan fingerprint density at radius 1 is 1.57 bits per heavy atom. The second kappa shape index (κ2) is 7.82. The van der Waals surface area contributed by atoms with Crippen molar-refractivity contribution >= 4 is 11.6 Å². The monoisotopic (exact) mass is 324 g/mol. The van der Waals surface area contributed by atoms with Crippen LogP contribution in [0.1, 0.15) is 12.0 Å². The van der Waals surface area contributed by atoms with Crippen molar-refractivity contribution < 1.29 is 23.1 Å². The van der Waals surface area contributed by atoms with Crippen LogP contribution < -0.4 is 0 Å². The molecule has 23 heavy (non-hydrogen) atoms. The van der Waals surface area contributed by atoms with Crippen LogP contribution >= 0.6 is 0 Å². The lowest BCUT2D eigenvalue weighted by Crippen LogP contribution is -2.39. The first-order chi connectivity index (χ1) is 11.0. The van der Waals surface area contributed by atoms with Crippen molar-refractivity contribution in [3.8, 4) is 0 Å². The predicted octanol–water partition coefficient (Wildman–Crippen LogP) is 2.12. The zero-order chi connectivity index (χ0) is 16.8. The van der Waals surface area contributed by atoms with Crippen LogP contribution in [0.4, 0.5) is 8.78 Å². The van der Waals surface area contributed by atoms with Gasteiger partial charge >= 0.3 is 0 Å². The molecule has 0 saturated carbocycles. The summed E-state index contributed by atoms with van der Waals surface area (Å²) >= 11 is 0. The number of carbonyl (C=O) groups excluding carboxylic acids is 1.